The van der Waals surface area contributed by atoms with Crippen LogP contribution in [0.15, 0.2) is 83.8 Å². The Morgan fingerprint density at radius 2 is 1.69 bits per heavy atom. The zero-order chi connectivity index (χ0) is 29.2. The van der Waals surface area contributed by atoms with E-state index in [1.165, 1.54) is 28.0 Å². The molecule has 3 aromatic carbocycles. The van der Waals surface area contributed by atoms with Crippen LogP contribution in [-0.4, -0.2) is 43.5 Å². The van der Waals surface area contributed by atoms with Gasteiger partial charge in [0.15, 0.2) is 17.3 Å². The van der Waals surface area contributed by atoms with Gasteiger partial charge in [0.05, 0.1) is 35.1 Å². The maximum Gasteiger partial charge on any atom is 0.291 e. The van der Waals surface area contributed by atoms with Crippen molar-refractivity contribution in [2.24, 2.45) is 0 Å². The largest absolute Gasteiger partial charge is 0.493 e. The molecule has 3 aromatic heterocycles. The molecule has 0 saturated carbocycles. The number of aromatic nitrogens is 5. The lowest BCUT2D eigenvalue weighted by atomic mass is 10.1. The van der Waals surface area contributed by atoms with Crippen LogP contribution < -0.4 is 19.6 Å². The molecule has 208 valence electrons. The van der Waals surface area contributed by atoms with Crippen molar-refractivity contribution in [2.45, 2.75) is 0 Å². The van der Waals surface area contributed by atoms with E-state index in [-0.39, 0.29) is 11.2 Å². The number of methoxy groups -OCH3 is 2. The monoisotopic (exact) mass is 578 g/mol. The van der Waals surface area contributed by atoms with E-state index in [0.717, 1.165) is 11.1 Å². The summed E-state index contributed by atoms with van der Waals surface area (Å²) in [6, 6.07) is 21.2. The first-order valence-electron chi connectivity index (χ1n) is 12.6. The highest BCUT2D eigenvalue weighted by molar-refractivity contribution is 7.15. The number of rotatable bonds is 8. The Morgan fingerprint density at radius 1 is 0.929 bits per heavy atom. The average Bonchev–Trinajstić information content (AvgIpc) is 3.71. The van der Waals surface area contributed by atoms with Crippen LogP contribution in [0.4, 0.5) is 5.69 Å². The fourth-order valence-electron chi connectivity index (χ4n) is 4.36. The second kappa shape index (κ2) is 11.1. The number of non-ortho nitro benzene ring substituents is 1. The summed E-state index contributed by atoms with van der Waals surface area (Å²) in [5.41, 5.74) is 3.42. The summed E-state index contributed by atoms with van der Waals surface area (Å²) >= 11 is 1.23. The van der Waals surface area contributed by atoms with Gasteiger partial charge in [-0.1, -0.05) is 53.8 Å². The summed E-state index contributed by atoms with van der Waals surface area (Å²) in [5, 5.41) is 20.2. The lowest BCUT2D eigenvalue weighted by Crippen LogP contribution is -2.23. The Morgan fingerprint density at radius 3 is 2.38 bits per heavy atom. The third-order valence-corrected chi connectivity index (χ3v) is 7.39. The van der Waals surface area contributed by atoms with Crippen molar-refractivity contribution >= 4 is 40.2 Å². The molecule has 6 aromatic rings. The van der Waals surface area contributed by atoms with E-state index in [4.69, 9.17) is 14.6 Å². The van der Waals surface area contributed by atoms with Crippen LogP contribution in [0.2, 0.25) is 0 Å². The number of nitro groups is 1. The Labute approximate surface area is 242 Å². The van der Waals surface area contributed by atoms with Crippen molar-refractivity contribution in [1.82, 2.24) is 24.4 Å². The van der Waals surface area contributed by atoms with Gasteiger partial charge in [0, 0.05) is 29.5 Å². The van der Waals surface area contributed by atoms with E-state index in [1.54, 1.807) is 49.4 Å². The highest BCUT2D eigenvalue weighted by atomic mass is 32.1. The smallest absolute Gasteiger partial charge is 0.291 e. The fraction of sp³-hybridized carbons (Fsp3) is 0.0667. The molecule has 11 nitrogen and oxygen atoms in total. The standard InChI is InChI=1S/C30H22N6O5S/c1-40-24-14-8-19(16-25(24)41-2)9-15-27-31-30-35(32-27)29(37)26(42-30)17-21-18-34(22-10-12-23(13-11-22)36(38)39)33-28(21)20-6-4-3-5-7-20/h3-18H,1-2H3/b15-9+,26-17-. The maximum absolute atomic E-state index is 13.3. The van der Waals surface area contributed by atoms with Crippen LogP contribution >= 0.6 is 11.3 Å². The first-order chi connectivity index (χ1) is 20.4. The number of fused-ring (bicyclic) bond motifs is 1. The number of benzene rings is 3. The van der Waals surface area contributed by atoms with Crippen LogP contribution in [0.3, 0.4) is 0 Å². The molecule has 0 fully saturated rings. The quantitative estimate of drug-likeness (QED) is 0.189. The topological polar surface area (TPSA) is 127 Å². The van der Waals surface area contributed by atoms with Gasteiger partial charge in [-0.15, -0.1) is 5.10 Å². The van der Waals surface area contributed by atoms with Gasteiger partial charge in [0.25, 0.3) is 11.2 Å². The molecule has 0 N–H and O–H groups in total. The number of nitrogens with zero attached hydrogens (tertiary/aromatic N) is 6. The molecule has 0 radical (unpaired) electrons. The fourth-order valence-corrected chi connectivity index (χ4v) is 5.27. The van der Waals surface area contributed by atoms with Gasteiger partial charge in [-0.2, -0.15) is 14.6 Å². The molecule has 0 aliphatic rings. The summed E-state index contributed by atoms with van der Waals surface area (Å²) in [7, 11) is 3.15. The van der Waals surface area contributed by atoms with Gasteiger partial charge in [-0.25, -0.2) is 4.68 Å². The molecule has 0 aliphatic heterocycles. The minimum atomic E-state index is -0.449. The highest BCUT2D eigenvalue weighted by Gasteiger charge is 2.15. The zero-order valence-corrected chi connectivity index (χ0v) is 23.2. The number of ether oxygens (including phenoxy) is 2. The Bertz CT molecular complexity index is 2060. The second-order valence-corrected chi connectivity index (χ2v) is 10.1. The molecular weight excluding hydrogens is 556 g/mol. The molecule has 6 rings (SSSR count). The minimum absolute atomic E-state index is 0.00987. The van der Waals surface area contributed by atoms with E-state index >= 15 is 0 Å². The number of nitro benzene ring substituents is 1. The van der Waals surface area contributed by atoms with Gasteiger partial charge in [0.1, 0.15) is 0 Å². The van der Waals surface area contributed by atoms with Gasteiger partial charge in [-0.05, 0) is 42.0 Å². The molecule has 0 spiro atoms. The van der Waals surface area contributed by atoms with Crippen LogP contribution in [0.5, 0.6) is 11.5 Å². The number of hydrogen-bond donors (Lipinski definition) is 0. The summed E-state index contributed by atoms with van der Waals surface area (Å²) in [6.07, 6.45) is 7.11. The lowest BCUT2D eigenvalue weighted by molar-refractivity contribution is -0.384. The first-order valence-corrected chi connectivity index (χ1v) is 13.5. The van der Waals surface area contributed by atoms with Crippen molar-refractivity contribution in [3.8, 4) is 28.4 Å². The van der Waals surface area contributed by atoms with Crippen LogP contribution in [0, 0.1) is 10.1 Å². The Balaban J connectivity index is 1.36. The van der Waals surface area contributed by atoms with E-state index in [9.17, 15) is 14.9 Å². The molecule has 0 unspecified atom stereocenters. The normalized spacial score (nSPS) is 11.9. The van der Waals surface area contributed by atoms with E-state index < -0.39 is 4.92 Å². The van der Waals surface area contributed by atoms with Crippen molar-refractivity contribution in [2.75, 3.05) is 14.2 Å². The van der Waals surface area contributed by atoms with Crippen LogP contribution in [0.1, 0.15) is 17.0 Å². The molecule has 0 atom stereocenters. The molecule has 0 saturated heterocycles. The van der Waals surface area contributed by atoms with E-state index in [2.05, 4.69) is 10.1 Å². The summed E-state index contributed by atoms with van der Waals surface area (Å²) < 4.78 is 14.0. The van der Waals surface area contributed by atoms with Gasteiger partial charge in [-0.3, -0.25) is 14.9 Å². The zero-order valence-electron chi connectivity index (χ0n) is 22.4. The Kier molecular flexibility index (Phi) is 7.03. The second-order valence-electron chi connectivity index (χ2n) is 9.05. The molecule has 0 aliphatic carbocycles. The van der Waals surface area contributed by atoms with E-state index in [0.29, 0.717) is 43.8 Å². The third kappa shape index (κ3) is 5.13. The van der Waals surface area contributed by atoms with Gasteiger partial charge in [0.2, 0.25) is 4.96 Å². The molecule has 42 heavy (non-hydrogen) atoms. The third-order valence-electron chi connectivity index (χ3n) is 6.43. The van der Waals surface area contributed by atoms with Crippen molar-refractivity contribution in [3.63, 3.8) is 0 Å². The molecule has 0 amide bonds. The van der Waals surface area contributed by atoms with Crippen LogP contribution in [0.25, 0.3) is 40.1 Å². The average molecular weight is 579 g/mol. The summed E-state index contributed by atoms with van der Waals surface area (Å²) in [5.74, 6) is 1.63. The van der Waals surface area contributed by atoms with Gasteiger partial charge >= 0.3 is 0 Å². The molecular formula is C30H22N6O5S. The summed E-state index contributed by atoms with van der Waals surface area (Å²) in [6.45, 7) is 0. The molecule has 0 bridgehead atoms. The predicted octanol–water partition coefficient (Wildman–Crippen LogP) is 4.65. The first kappa shape index (κ1) is 26.6. The van der Waals surface area contributed by atoms with Gasteiger partial charge < -0.3 is 9.47 Å². The SMILES string of the molecule is COc1ccc(/C=C/c2nc3s/c(=C\c4cn(-c5ccc([N+](=O)[O-])cc5)nc4-c4ccccc4)c(=O)n3n2)cc1OC. The predicted molar refractivity (Wildman–Crippen MR) is 160 cm³/mol. The highest BCUT2D eigenvalue weighted by Crippen LogP contribution is 2.28. The minimum Gasteiger partial charge on any atom is -0.493 e. The van der Waals surface area contributed by atoms with Crippen molar-refractivity contribution in [1.29, 1.82) is 0 Å². The maximum atomic E-state index is 13.3. The Hall–Kier alpha value is -5.62. The van der Waals surface area contributed by atoms with Crippen molar-refractivity contribution < 1.29 is 14.4 Å². The molecule has 12 heteroatoms. The number of hydrogen-bond acceptors (Lipinski definition) is 9. The van der Waals surface area contributed by atoms with Crippen molar-refractivity contribution in [3.05, 3.63) is 121 Å². The molecule has 3 heterocycles. The summed E-state index contributed by atoms with van der Waals surface area (Å²) in [4.78, 5) is 28.9. The lowest BCUT2D eigenvalue weighted by Gasteiger charge is -2.07. The number of thiazole rings is 1. The van der Waals surface area contributed by atoms with Crippen LogP contribution in [-0.2, 0) is 0 Å². The van der Waals surface area contributed by atoms with E-state index in [1.807, 2.05) is 54.6 Å².